The van der Waals surface area contributed by atoms with E-state index in [1.54, 1.807) is 24.3 Å². The highest BCUT2D eigenvalue weighted by Gasteiger charge is 2.09. The van der Waals surface area contributed by atoms with Crippen molar-refractivity contribution in [3.8, 4) is 5.75 Å². The summed E-state index contributed by atoms with van der Waals surface area (Å²) < 4.78 is 5.55. The van der Waals surface area contributed by atoms with Crippen molar-refractivity contribution in [1.82, 2.24) is 0 Å². The minimum atomic E-state index is -0.942. The van der Waals surface area contributed by atoms with Crippen LogP contribution in [0.3, 0.4) is 0 Å². The van der Waals surface area contributed by atoms with Gasteiger partial charge in [-0.3, -0.25) is 0 Å². The smallest absolute Gasteiger partial charge is 0.339 e. The second kappa shape index (κ2) is 10.1. The third-order valence-corrected chi connectivity index (χ3v) is 3.18. The molecule has 1 aromatic carbocycles. The van der Waals surface area contributed by atoms with Crippen molar-refractivity contribution in [1.29, 1.82) is 0 Å². The SMILES string of the molecule is C=CCCCCCCCCOc1ccccc1C(=O)O. The highest BCUT2D eigenvalue weighted by Crippen LogP contribution is 2.18. The summed E-state index contributed by atoms with van der Waals surface area (Å²) in [4.78, 5) is 11.0. The lowest BCUT2D eigenvalue weighted by atomic mass is 10.1. The molecule has 0 atom stereocenters. The Labute approximate surface area is 121 Å². The third kappa shape index (κ3) is 6.41. The van der Waals surface area contributed by atoms with Gasteiger partial charge in [-0.1, -0.05) is 43.9 Å². The standard InChI is InChI=1S/C17H24O3/c1-2-3-4-5-6-7-8-11-14-20-16-13-10-9-12-15(16)17(18)19/h2,9-10,12-13H,1,3-8,11,14H2,(H,18,19). The maximum Gasteiger partial charge on any atom is 0.339 e. The molecule has 0 bridgehead atoms. The molecule has 0 aliphatic rings. The topological polar surface area (TPSA) is 46.5 Å². The van der Waals surface area contributed by atoms with Crippen LogP contribution in [0.15, 0.2) is 36.9 Å². The molecule has 3 heteroatoms. The van der Waals surface area contributed by atoms with E-state index in [0.29, 0.717) is 12.4 Å². The molecule has 0 heterocycles. The Morgan fingerprint density at radius 3 is 2.45 bits per heavy atom. The zero-order chi connectivity index (χ0) is 14.6. The van der Waals surface area contributed by atoms with Gasteiger partial charge in [-0.2, -0.15) is 0 Å². The monoisotopic (exact) mass is 276 g/mol. The highest BCUT2D eigenvalue weighted by molar-refractivity contribution is 5.90. The molecule has 0 aliphatic carbocycles. The Hall–Kier alpha value is -1.77. The minimum Gasteiger partial charge on any atom is -0.493 e. The van der Waals surface area contributed by atoms with Gasteiger partial charge in [-0.15, -0.1) is 6.58 Å². The summed E-state index contributed by atoms with van der Waals surface area (Å²) in [6, 6.07) is 6.77. The number of aromatic carboxylic acids is 1. The van der Waals surface area contributed by atoms with Crippen molar-refractivity contribution in [3.63, 3.8) is 0 Å². The number of hydrogen-bond donors (Lipinski definition) is 1. The van der Waals surface area contributed by atoms with E-state index < -0.39 is 5.97 Å². The van der Waals surface area contributed by atoms with Gasteiger partial charge >= 0.3 is 5.97 Å². The third-order valence-electron chi connectivity index (χ3n) is 3.18. The Bertz CT molecular complexity index is 412. The van der Waals surface area contributed by atoms with E-state index in [1.807, 2.05) is 6.08 Å². The maximum atomic E-state index is 11.0. The summed E-state index contributed by atoms with van der Waals surface area (Å²) in [6.07, 6.45) is 10.1. The largest absolute Gasteiger partial charge is 0.493 e. The van der Waals surface area contributed by atoms with Gasteiger partial charge in [0.15, 0.2) is 0 Å². The molecule has 3 nitrogen and oxygen atoms in total. The van der Waals surface area contributed by atoms with Crippen molar-refractivity contribution in [2.75, 3.05) is 6.61 Å². The molecular weight excluding hydrogens is 252 g/mol. The van der Waals surface area contributed by atoms with Crippen molar-refractivity contribution in [2.24, 2.45) is 0 Å². The fourth-order valence-electron chi connectivity index (χ4n) is 2.05. The number of ether oxygens (including phenoxy) is 1. The molecule has 110 valence electrons. The molecule has 0 saturated heterocycles. The summed E-state index contributed by atoms with van der Waals surface area (Å²) in [5.41, 5.74) is 0.233. The van der Waals surface area contributed by atoms with Crippen LogP contribution in [0.2, 0.25) is 0 Å². The van der Waals surface area contributed by atoms with Crippen molar-refractivity contribution in [3.05, 3.63) is 42.5 Å². The number of para-hydroxylation sites is 1. The summed E-state index contributed by atoms with van der Waals surface area (Å²) in [6.45, 7) is 4.29. The number of hydrogen-bond acceptors (Lipinski definition) is 2. The van der Waals surface area contributed by atoms with Gasteiger partial charge < -0.3 is 9.84 Å². The molecule has 1 N–H and O–H groups in total. The van der Waals surface area contributed by atoms with Gasteiger partial charge in [0.1, 0.15) is 11.3 Å². The molecule has 20 heavy (non-hydrogen) atoms. The summed E-state index contributed by atoms with van der Waals surface area (Å²) in [7, 11) is 0. The van der Waals surface area contributed by atoms with Crippen LogP contribution in [0.4, 0.5) is 0 Å². The van der Waals surface area contributed by atoms with E-state index in [1.165, 1.54) is 25.7 Å². The van der Waals surface area contributed by atoms with Crippen molar-refractivity contribution >= 4 is 5.97 Å². The number of unbranched alkanes of at least 4 members (excludes halogenated alkanes) is 6. The summed E-state index contributed by atoms with van der Waals surface area (Å²) in [5, 5.41) is 9.02. The lowest BCUT2D eigenvalue weighted by Crippen LogP contribution is -2.04. The first-order valence-corrected chi connectivity index (χ1v) is 7.31. The maximum absolute atomic E-state index is 11.0. The summed E-state index contributed by atoms with van der Waals surface area (Å²) in [5.74, 6) is -0.478. The van der Waals surface area contributed by atoms with Crippen LogP contribution in [0, 0.1) is 0 Å². The van der Waals surface area contributed by atoms with Crippen molar-refractivity contribution in [2.45, 2.75) is 44.9 Å². The van der Waals surface area contributed by atoms with Crippen LogP contribution in [0.5, 0.6) is 5.75 Å². The summed E-state index contributed by atoms with van der Waals surface area (Å²) >= 11 is 0. The van der Waals surface area contributed by atoms with E-state index in [-0.39, 0.29) is 5.56 Å². The zero-order valence-electron chi connectivity index (χ0n) is 12.0. The zero-order valence-corrected chi connectivity index (χ0v) is 12.0. The first-order chi connectivity index (χ1) is 9.75. The van der Waals surface area contributed by atoms with E-state index in [4.69, 9.17) is 9.84 Å². The highest BCUT2D eigenvalue weighted by atomic mass is 16.5. The number of rotatable bonds is 11. The molecule has 0 radical (unpaired) electrons. The molecule has 1 aromatic rings. The molecule has 1 rings (SSSR count). The van der Waals surface area contributed by atoms with Crippen LogP contribution >= 0.6 is 0 Å². The predicted molar refractivity (Wildman–Crippen MR) is 81.4 cm³/mol. The van der Waals surface area contributed by atoms with Crippen LogP contribution in [-0.4, -0.2) is 17.7 Å². The molecular formula is C17H24O3. The Morgan fingerprint density at radius 2 is 1.75 bits per heavy atom. The van der Waals surface area contributed by atoms with Gasteiger partial charge in [0.25, 0.3) is 0 Å². The predicted octanol–water partition coefficient (Wildman–Crippen LogP) is 4.68. The van der Waals surface area contributed by atoms with Gasteiger partial charge in [0.2, 0.25) is 0 Å². The number of carbonyl (C=O) groups is 1. The molecule has 0 unspecified atom stereocenters. The number of carboxylic acid groups (broad SMARTS) is 1. The first-order valence-electron chi connectivity index (χ1n) is 7.31. The van der Waals surface area contributed by atoms with Gasteiger partial charge in [-0.25, -0.2) is 4.79 Å². The van der Waals surface area contributed by atoms with Gasteiger partial charge in [-0.05, 0) is 31.4 Å². The lowest BCUT2D eigenvalue weighted by molar-refractivity contribution is 0.0692. The van der Waals surface area contributed by atoms with Crippen molar-refractivity contribution < 1.29 is 14.6 Å². The Morgan fingerprint density at radius 1 is 1.10 bits per heavy atom. The van der Waals surface area contributed by atoms with E-state index in [0.717, 1.165) is 19.3 Å². The fourth-order valence-corrected chi connectivity index (χ4v) is 2.05. The second-order valence-corrected chi connectivity index (χ2v) is 4.85. The van der Waals surface area contributed by atoms with Crippen LogP contribution in [-0.2, 0) is 0 Å². The quantitative estimate of drug-likeness (QED) is 0.471. The van der Waals surface area contributed by atoms with E-state index in [9.17, 15) is 4.79 Å². The van der Waals surface area contributed by atoms with Gasteiger partial charge in [0, 0.05) is 0 Å². The lowest BCUT2D eigenvalue weighted by Gasteiger charge is -2.08. The molecule has 0 aromatic heterocycles. The second-order valence-electron chi connectivity index (χ2n) is 4.85. The molecule has 0 aliphatic heterocycles. The Balaban J connectivity index is 2.12. The average Bonchev–Trinajstić information content (AvgIpc) is 2.46. The van der Waals surface area contributed by atoms with Crippen LogP contribution < -0.4 is 4.74 Å². The average molecular weight is 276 g/mol. The fraction of sp³-hybridized carbons (Fsp3) is 0.471. The van der Waals surface area contributed by atoms with Gasteiger partial charge in [0.05, 0.1) is 6.61 Å². The molecule has 0 saturated carbocycles. The Kier molecular flexibility index (Phi) is 8.20. The number of carboxylic acids is 1. The molecule has 0 fully saturated rings. The van der Waals surface area contributed by atoms with E-state index >= 15 is 0 Å². The molecule has 0 spiro atoms. The van der Waals surface area contributed by atoms with Crippen LogP contribution in [0.1, 0.15) is 55.3 Å². The number of benzene rings is 1. The first kappa shape index (κ1) is 16.3. The van der Waals surface area contributed by atoms with E-state index in [2.05, 4.69) is 6.58 Å². The minimum absolute atomic E-state index is 0.233. The normalized spacial score (nSPS) is 10.2. The van der Waals surface area contributed by atoms with Crippen LogP contribution in [0.25, 0.3) is 0 Å². The number of allylic oxidation sites excluding steroid dienone is 1. The molecule has 0 amide bonds.